The third kappa shape index (κ3) is 2.95. The Labute approximate surface area is 108 Å². The highest BCUT2D eigenvalue weighted by molar-refractivity contribution is 5.93. The van der Waals surface area contributed by atoms with Crippen LogP contribution in [0.5, 0.6) is 0 Å². The van der Waals surface area contributed by atoms with Crippen LogP contribution < -0.4 is 0 Å². The number of rotatable bonds is 4. The van der Waals surface area contributed by atoms with Crippen LogP contribution in [0.25, 0.3) is 0 Å². The number of aromatic nitrogens is 3. The first-order valence-corrected chi connectivity index (χ1v) is 5.51. The Morgan fingerprint density at radius 2 is 2.16 bits per heavy atom. The molecule has 2 N–H and O–H groups in total. The number of carbonyl (C=O) groups is 2. The molecular weight excluding hydrogens is 248 g/mol. The topological polar surface area (TPSA) is 99.2 Å². The number of carboxylic acid groups (broad SMARTS) is 1. The predicted molar refractivity (Wildman–Crippen MR) is 65.6 cm³/mol. The summed E-state index contributed by atoms with van der Waals surface area (Å²) >= 11 is 0. The molecule has 0 aliphatic rings. The number of carboxylic acids is 1. The zero-order valence-electron chi connectivity index (χ0n) is 10.2. The minimum Gasteiger partial charge on any atom is -0.478 e. The molecule has 0 radical (unpaired) electrons. The molecule has 0 unspecified atom stereocenters. The van der Waals surface area contributed by atoms with Gasteiger partial charge in [0.25, 0.3) is 5.91 Å². The first-order chi connectivity index (χ1) is 9.08. The highest BCUT2D eigenvalue weighted by Crippen LogP contribution is 2.05. The summed E-state index contributed by atoms with van der Waals surface area (Å²) in [5.41, 5.74) is 0.240. The summed E-state index contributed by atoms with van der Waals surface area (Å²) < 4.78 is 0. The average Bonchev–Trinajstić information content (AvgIpc) is 2.90. The third-order valence-electron chi connectivity index (χ3n) is 2.52. The SMILES string of the molecule is CN(Cc1ncc[nH]1)C(=O)c1ccc(C(=O)O)cn1. The van der Waals surface area contributed by atoms with Crippen LogP contribution in [-0.2, 0) is 6.54 Å². The fourth-order valence-electron chi connectivity index (χ4n) is 1.52. The van der Waals surface area contributed by atoms with E-state index in [2.05, 4.69) is 15.0 Å². The molecular formula is C12H12N4O3. The van der Waals surface area contributed by atoms with Gasteiger partial charge in [0.05, 0.1) is 12.1 Å². The molecule has 0 bridgehead atoms. The van der Waals surface area contributed by atoms with Crippen LogP contribution in [0.3, 0.4) is 0 Å². The quantitative estimate of drug-likeness (QED) is 0.846. The van der Waals surface area contributed by atoms with E-state index in [4.69, 9.17) is 5.11 Å². The fourth-order valence-corrected chi connectivity index (χ4v) is 1.52. The van der Waals surface area contributed by atoms with E-state index >= 15 is 0 Å². The monoisotopic (exact) mass is 260 g/mol. The van der Waals surface area contributed by atoms with Gasteiger partial charge in [-0.2, -0.15) is 0 Å². The molecule has 7 nitrogen and oxygen atoms in total. The second kappa shape index (κ2) is 5.30. The van der Waals surface area contributed by atoms with Gasteiger partial charge in [0, 0.05) is 25.6 Å². The summed E-state index contributed by atoms with van der Waals surface area (Å²) in [4.78, 5) is 34.9. The molecule has 0 fully saturated rings. The fraction of sp³-hybridized carbons (Fsp3) is 0.167. The normalized spacial score (nSPS) is 10.2. The largest absolute Gasteiger partial charge is 0.478 e. The van der Waals surface area contributed by atoms with Crippen LogP contribution in [0.15, 0.2) is 30.7 Å². The first-order valence-electron chi connectivity index (χ1n) is 5.51. The van der Waals surface area contributed by atoms with Gasteiger partial charge in [0.2, 0.25) is 0 Å². The van der Waals surface area contributed by atoms with E-state index in [0.717, 1.165) is 6.20 Å². The van der Waals surface area contributed by atoms with Gasteiger partial charge in [-0.1, -0.05) is 0 Å². The van der Waals surface area contributed by atoms with Crippen LogP contribution in [0.2, 0.25) is 0 Å². The van der Waals surface area contributed by atoms with Gasteiger partial charge in [-0.15, -0.1) is 0 Å². The smallest absolute Gasteiger partial charge is 0.337 e. The number of nitrogens with zero attached hydrogens (tertiary/aromatic N) is 3. The van der Waals surface area contributed by atoms with Gasteiger partial charge < -0.3 is 15.0 Å². The van der Waals surface area contributed by atoms with E-state index in [0.29, 0.717) is 12.4 Å². The Morgan fingerprint density at radius 1 is 1.37 bits per heavy atom. The molecule has 2 aromatic rings. The molecule has 2 aromatic heterocycles. The van der Waals surface area contributed by atoms with Crippen molar-refractivity contribution in [2.45, 2.75) is 6.54 Å². The van der Waals surface area contributed by atoms with Gasteiger partial charge >= 0.3 is 5.97 Å². The molecule has 0 aliphatic heterocycles. The van der Waals surface area contributed by atoms with Crippen LogP contribution >= 0.6 is 0 Å². The van der Waals surface area contributed by atoms with Crippen LogP contribution in [0.1, 0.15) is 26.7 Å². The molecule has 0 atom stereocenters. The number of aromatic carboxylic acids is 1. The Bertz CT molecular complexity index is 578. The van der Waals surface area contributed by atoms with E-state index < -0.39 is 5.97 Å². The van der Waals surface area contributed by atoms with Crippen molar-refractivity contribution in [1.29, 1.82) is 0 Å². The molecule has 19 heavy (non-hydrogen) atoms. The number of H-pyrrole nitrogens is 1. The number of aromatic amines is 1. The standard InChI is InChI=1S/C12H12N4O3/c1-16(7-10-13-4-5-14-10)11(17)9-3-2-8(6-15-9)12(18)19/h2-6H,7H2,1H3,(H,13,14)(H,18,19). The molecule has 0 aromatic carbocycles. The lowest BCUT2D eigenvalue weighted by Gasteiger charge is -2.15. The van der Waals surface area contributed by atoms with Gasteiger partial charge in [-0.25, -0.2) is 9.78 Å². The molecule has 2 heterocycles. The minimum absolute atomic E-state index is 0.0465. The summed E-state index contributed by atoms with van der Waals surface area (Å²) in [7, 11) is 1.62. The second-order valence-electron chi connectivity index (χ2n) is 3.93. The van der Waals surface area contributed by atoms with Crippen LogP contribution in [0, 0.1) is 0 Å². The number of hydrogen-bond donors (Lipinski definition) is 2. The Hall–Kier alpha value is -2.70. The molecule has 2 rings (SSSR count). The van der Waals surface area contributed by atoms with Crippen molar-refractivity contribution >= 4 is 11.9 Å². The van der Waals surface area contributed by atoms with Crippen LogP contribution in [-0.4, -0.2) is 43.9 Å². The van der Waals surface area contributed by atoms with Crippen molar-refractivity contribution in [3.05, 3.63) is 47.8 Å². The maximum absolute atomic E-state index is 12.0. The summed E-state index contributed by atoms with van der Waals surface area (Å²) in [6.45, 7) is 0.328. The summed E-state index contributed by atoms with van der Waals surface area (Å²) in [5, 5.41) is 8.75. The van der Waals surface area contributed by atoms with Crippen molar-refractivity contribution in [3.8, 4) is 0 Å². The summed E-state index contributed by atoms with van der Waals surface area (Å²) in [6, 6.07) is 2.74. The molecule has 0 saturated carbocycles. The highest BCUT2D eigenvalue weighted by Gasteiger charge is 2.15. The van der Waals surface area contributed by atoms with E-state index in [1.165, 1.54) is 17.0 Å². The summed E-state index contributed by atoms with van der Waals surface area (Å²) in [6.07, 6.45) is 4.44. The summed E-state index contributed by atoms with van der Waals surface area (Å²) in [5.74, 6) is -0.707. The van der Waals surface area contributed by atoms with Crippen molar-refractivity contribution in [1.82, 2.24) is 19.9 Å². The lowest BCUT2D eigenvalue weighted by molar-refractivity contribution is 0.0694. The number of nitrogens with one attached hydrogen (secondary N) is 1. The predicted octanol–water partition coefficient (Wildman–Crippen LogP) is 0.775. The Kier molecular flexibility index (Phi) is 3.56. The van der Waals surface area contributed by atoms with Gasteiger partial charge in [-0.05, 0) is 12.1 Å². The van der Waals surface area contributed by atoms with Crippen molar-refractivity contribution in [3.63, 3.8) is 0 Å². The lowest BCUT2D eigenvalue weighted by Crippen LogP contribution is -2.27. The number of amides is 1. The van der Waals surface area contributed by atoms with Gasteiger partial charge in [-0.3, -0.25) is 9.78 Å². The number of imidazole rings is 1. The van der Waals surface area contributed by atoms with Crippen molar-refractivity contribution in [2.75, 3.05) is 7.05 Å². The number of pyridine rings is 1. The zero-order chi connectivity index (χ0) is 13.8. The Morgan fingerprint density at radius 3 is 2.68 bits per heavy atom. The molecule has 1 amide bonds. The third-order valence-corrected chi connectivity index (χ3v) is 2.52. The first kappa shape index (κ1) is 12.7. The maximum Gasteiger partial charge on any atom is 0.337 e. The maximum atomic E-state index is 12.0. The van der Waals surface area contributed by atoms with E-state index in [1.54, 1.807) is 19.4 Å². The lowest BCUT2D eigenvalue weighted by atomic mass is 10.2. The van der Waals surface area contributed by atoms with Crippen molar-refractivity contribution in [2.24, 2.45) is 0 Å². The van der Waals surface area contributed by atoms with Crippen molar-refractivity contribution < 1.29 is 14.7 Å². The van der Waals surface area contributed by atoms with E-state index in [9.17, 15) is 9.59 Å². The van der Waals surface area contributed by atoms with Crippen LogP contribution in [0.4, 0.5) is 0 Å². The minimum atomic E-state index is -1.07. The number of carbonyl (C=O) groups excluding carboxylic acids is 1. The Balaban J connectivity index is 2.08. The molecule has 98 valence electrons. The molecule has 0 spiro atoms. The zero-order valence-corrected chi connectivity index (χ0v) is 10.2. The van der Waals surface area contributed by atoms with Gasteiger partial charge in [0.15, 0.2) is 0 Å². The highest BCUT2D eigenvalue weighted by atomic mass is 16.4. The molecule has 7 heteroatoms. The average molecular weight is 260 g/mol. The van der Waals surface area contributed by atoms with E-state index in [1.807, 2.05) is 0 Å². The second-order valence-corrected chi connectivity index (χ2v) is 3.93. The molecule has 0 aliphatic carbocycles. The van der Waals surface area contributed by atoms with E-state index in [-0.39, 0.29) is 17.2 Å². The molecule has 0 saturated heterocycles. The van der Waals surface area contributed by atoms with Gasteiger partial charge in [0.1, 0.15) is 11.5 Å². The number of hydrogen-bond acceptors (Lipinski definition) is 4.